The van der Waals surface area contributed by atoms with E-state index in [4.69, 9.17) is 5.11 Å². The Morgan fingerprint density at radius 1 is 1.41 bits per heavy atom. The Morgan fingerprint density at radius 3 is 2.86 bits per heavy atom. The zero-order valence-corrected chi connectivity index (χ0v) is 12.9. The maximum Gasteiger partial charge on any atom is 0.318 e. The summed E-state index contributed by atoms with van der Waals surface area (Å²) in [5.74, 6) is 0.0893. The third kappa shape index (κ3) is 2.95. The van der Waals surface area contributed by atoms with Gasteiger partial charge in [0.25, 0.3) is 0 Å². The van der Waals surface area contributed by atoms with Gasteiger partial charge in [0, 0.05) is 12.6 Å². The molecule has 1 fully saturated rings. The molecule has 0 aromatic heterocycles. The number of nitrogens with one attached hydrogen (secondary N) is 1. The van der Waals surface area contributed by atoms with Crippen LogP contribution in [0.2, 0.25) is 0 Å². The summed E-state index contributed by atoms with van der Waals surface area (Å²) in [6.45, 7) is 2.41. The van der Waals surface area contributed by atoms with E-state index in [2.05, 4.69) is 12.2 Å². The number of amides is 2. The van der Waals surface area contributed by atoms with Crippen LogP contribution in [0.3, 0.4) is 0 Å². The zero-order chi connectivity index (χ0) is 15.7. The van der Waals surface area contributed by atoms with Crippen molar-refractivity contribution in [1.82, 2.24) is 10.2 Å². The molecule has 1 saturated carbocycles. The van der Waals surface area contributed by atoms with Gasteiger partial charge in [0.15, 0.2) is 0 Å². The molecule has 22 heavy (non-hydrogen) atoms. The molecular weight excluding hydrogens is 283 g/mol. The number of benzene rings is 1. The van der Waals surface area contributed by atoms with Crippen LogP contribution in [0.25, 0.3) is 0 Å². The lowest BCUT2D eigenvalue weighted by Crippen LogP contribution is -2.46. The number of carbonyl (C=O) groups excluding carboxylic acids is 1. The van der Waals surface area contributed by atoms with E-state index >= 15 is 0 Å². The van der Waals surface area contributed by atoms with Crippen LogP contribution in [0, 0.1) is 11.7 Å². The molecule has 2 aliphatic carbocycles. The second kappa shape index (κ2) is 6.24. The van der Waals surface area contributed by atoms with Gasteiger partial charge in [-0.2, -0.15) is 0 Å². The molecule has 120 valence electrons. The molecule has 1 aromatic carbocycles. The Balaban J connectivity index is 1.79. The molecule has 0 radical (unpaired) electrons. The van der Waals surface area contributed by atoms with E-state index in [0.29, 0.717) is 6.54 Å². The molecule has 4 nitrogen and oxygen atoms in total. The number of hydrogen-bond acceptors (Lipinski definition) is 2. The fourth-order valence-electron chi connectivity index (χ4n) is 3.36. The number of hydrogen-bond donors (Lipinski definition) is 2. The molecule has 0 saturated heterocycles. The molecule has 2 aliphatic rings. The highest BCUT2D eigenvalue weighted by Gasteiger charge is 2.35. The van der Waals surface area contributed by atoms with Crippen molar-refractivity contribution in [3.8, 4) is 0 Å². The Morgan fingerprint density at radius 2 is 2.18 bits per heavy atom. The van der Waals surface area contributed by atoms with Crippen LogP contribution in [-0.4, -0.2) is 35.2 Å². The number of halogens is 1. The van der Waals surface area contributed by atoms with Crippen molar-refractivity contribution < 1.29 is 14.3 Å². The summed E-state index contributed by atoms with van der Waals surface area (Å²) in [6, 6.07) is 5.04. The van der Waals surface area contributed by atoms with Crippen LogP contribution >= 0.6 is 0 Å². The lowest BCUT2D eigenvalue weighted by molar-refractivity contribution is 0.166. The maximum atomic E-state index is 14.0. The molecular formula is C17H23FN2O2. The first-order valence-corrected chi connectivity index (χ1v) is 8.07. The van der Waals surface area contributed by atoms with E-state index in [9.17, 15) is 9.18 Å². The van der Waals surface area contributed by atoms with Crippen molar-refractivity contribution in [1.29, 1.82) is 0 Å². The predicted molar refractivity (Wildman–Crippen MR) is 82.0 cm³/mol. The minimum Gasteiger partial charge on any atom is -0.395 e. The fourth-order valence-corrected chi connectivity index (χ4v) is 3.36. The van der Waals surface area contributed by atoms with Gasteiger partial charge in [-0.05, 0) is 48.8 Å². The average molecular weight is 306 g/mol. The zero-order valence-electron chi connectivity index (χ0n) is 12.9. The predicted octanol–water partition coefficient (Wildman–Crippen LogP) is 2.62. The first-order valence-electron chi connectivity index (χ1n) is 8.07. The monoisotopic (exact) mass is 306 g/mol. The Labute approximate surface area is 130 Å². The van der Waals surface area contributed by atoms with Gasteiger partial charge >= 0.3 is 6.03 Å². The highest BCUT2D eigenvalue weighted by atomic mass is 19.1. The summed E-state index contributed by atoms with van der Waals surface area (Å²) in [7, 11) is 0. The molecule has 0 unspecified atom stereocenters. The van der Waals surface area contributed by atoms with Crippen LogP contribution in [0.15, 0.2) is 18.2 Å². The molecule has 5 heteroatoms. The van der Waals surface area contributed by atoms with E-state index in [1.807, 2.05) is 6.07 Å². The smallest absolute Gasteiger partial charge is 0.318 e. The van der Waals surface area contributed by atoms with Gasteiger partial charge in [-0.3, -0.25) is 0 Å². The van der Waals surface area contributed by atoms with E-state index in [0.717, 1.165) is 36.8 Å². The van der Waals surface area contributed by atoms with Crippen molar-refractivity contribution in [2.75, 3.05) is 13.2 Å². The third-order valence-corrected chi connectivity index (χ3v) is 4.78. The normalized spacial score (nSPS) is 23.8. The summed E-state index contributed by atoms with van der Waals surface area (Å²) >= 11 is 0. The molecule has 2 amide bonds. The van der Waals surface area contributed by atoms with Gasteiger partial charge in [0.1, 0.15) is 5.82 Å². The summed E-state index contributed by atoms with van der Waals surface area (Å²) < 4.78 is 14.0. The number of rotatable bonds is 4. The topological polar surface area (TPSA) is 52.6 Å². The van der Waals surface area contributed by atoms with Gasteiger partial charge < -0.3 is 15.3 Å². The molecule has 2 atom stereocenters. The molecule has 0 aliphatic heterocycles. The summed E-state index contributed by atoms with van der Waals surface area (Å²) in [6.07, 6.45) is 3.58. The van der Waals surface area contributed by atoms with Crippen molar-refractivity contribution >= 4 is 6.03 Å². The molecule has 2 N–H and O–H groups in total. The van der Waals surface area contributed by atoms with Crippen LogP contribution in [0.5, 0.6) is 0 Å². The van der Waals surface area contributed by atoms with Gasteiger partial charge in [0.05, 0.1) is 12.6 Å². The van der Waals surface area contributed by atoms with Crippen molar-refractivity contribution in [2.24, 2.45) is 5.92 Å². The molecule has 0 bridgehead atoms. The van der Waals surface area contributed by atoms with E-state index in [1.165, 1.54) is 6.07 Å². The number of aliphatic hydroxyl groups is 1. The highest BCUT2D eigenvalue weighted by Crippen LogP contribution is 2.36. The third-order valence-electron chi connectivity index (χ3n) is 4.78. The Bertz CT molecular complexity index is 560. The lowest BCUT2D eigenvalue weighted by atomic mass is 9.80. The number of fused-ring (bicyclic) bond motifs is 1. The summed E-state index contributed by atoms with van der Waals surface area (Å²) in [5, 5.41) is 12.2. The Hall–Kier alpha value is -1.62. The van der Waals surface area contributed by atoms with Gasteiger partial charge in [-0.25, -0.2) is 9.18 Å². The lowest BCUT2D eigenvalue weighted by Gasteiger charge is -2.34. The minimum atomic E-state index is -0.182. The highest BCUT2D eigenvalue weighted by molar-refractivity contribution is 5.75. The molecule has 1 aromatic rings. The SMILES string of the molecule is C[C@@H]1CCc2c(F)cccc2[C@@H]1NC(=O)N(CCO)C1CC1. The van der Waals surface area contributed by atoms with Crippen LogP contribution in [0.1, 0.15) is 43.4 Å². The summed E-state index contributed by atoms with van der Waals surface area (Å²) in [4.78, 5) is 14.2. The molecule has 0 spiro atoms. The van der Waals surface area contributed by atoms with Crippen LogP contribution in [0.4, 0.5) is 9.18 Å². The van der Waals surface area contributed by atoms with Gasteiger partial charge in [-0.15, -0.1) is 0 Å². The van der Waals surface area contributed by atoms with Crippen LogP contribution in [-0.2, 0) is 6.42 Å². The van der Waals surface area contributed by atoms with E-state index in [1.54, 1.807) is 11.0 Å². The van der Waals surface area contributed by atoms with Gasteiger partial charge in [-0.1, -0.05) is 19.1 Å². The largest absolute Gasteiger partial charge is 0.395 e. The average Bonchev–Trinajstić information content (AvgIpc) is 3.32. The Kier molecular flexibility index (Phi) is 4.34. The first kappa shape index (κ1) is 15.3. The maximum absolute atomic E-state index is 14.0. The van der Waals surface area contributed by atoms with E-state index < -0.39 is 0 Å². The number of carbonyl (C=O) groups is 1. The van der Waals surface area contributed by atoms with Gasteiger partial charge in [0.2, 0.25) is 0 Å². The summed E-state index contributed by atoms with van der Waals surface area (Å²) in [5.41, 5.74) is 1.62. The molecule has 3 rings (SSSR count). The van der Waals surface area contributed by atoms with E-state index in [-0.39, 0.29) is 36.5 Å². The number of nitrogens with zero attached hydrogens (tertiary/aromatic N) is 1. The van der Waals surface area contributed by atoms with Crippen molar-refractivity contribution in [2.45, 2.75) is 44.7 Å². The number of aliphatic hydroxyl groups excluding tert-OH is 1. The quantitative estimate of drug-likeness (QED) is 0.898. The number of urea groups is 1. The minimum absolute atomic E-state index is 0.0324. The standard InChI is InChI=1S/C17H23FN2O2/c1-11-5-8-13-14(3-2-4-15(13)18)16(11)19-17(22)20(9-10-21)12-6-7-12/h2-4,11-12,16,21H,5-10H2,1H3,(H,19,22)/t11-,16-/m1/s1. The first-order chi connectivity index (χ1) is 10.6. The fraction of sp³-hybridized carbons (Fsp3) is 0.588. The van der Waals surface area contributed by atoms with Crippen LogP contribution < -0.4 is 5.32 Å². The molecule has 0 heterocycles. The second-order valence-corrected chi connectivity index (χ2v) is 6.40. The van der Waals surface area contributed by atoms with Crippen molar-refractivity contribution in [3.05, 3.63) is 35.1 Å². The second-order valence-electron chi connectivity index (χ2n) is 6.40. The van der Waals surface area contributed by atoms with Crippen molar-refractivity contribution in [3.63, 3.8) is 0 Å².